The molecule has 0 aliphatic carbocycles. The molecule has 0 radical (unpaired) electrons. The van der Waals surface area contributed by atoms with Gasteiger partial charge in [-0.3, -0.25) is 0 Å². The van der Waals surface area contributed by atoms with Crippen molar-refractivity contribution in [3.05, 3.63) is 16.0 Å². The first-order valence-corrected chi connectivity index (χ1v) is 4.82. The highest BCUT2D eigenvalue weighted by Gasteiger charge is 2.06. The standard InChI is InChI=1S/C7H5BrN2OS/c8-7-10-6-4(11)1-3(9)2-5(6)12-7/h1-2,11H,9H2. The van der Waals surface area contributed by atoms with Crippen LogP contribution < -0.4 is 5.73 Å². The van der Waals surface area contributed by atoms with Gasteiger partial charge in [0.2, 0.25) is 0 Å². The Hall–Kier alpha value is -0.810. The van der Waals surface area contributed by atoms with Crippen LogP contribution in [0.3, 0.4) is 0 Å². The van der Waals surface area contributed by atoms with Gasteiger partial charge < -0.3 is 10.8 Å². The molecule has 3 N–H and O–H groups in total. The predicted octanol–water partition coefficient (Wildman–Crippen LogP) is 2.35. The number of hydrogen-bond donors (Lipinski definition) is 2. The maximum atomic E-state index is 9.41. The minimum atomic E-state index is 0.131. The van der Waals surface area contributed by atoms with Crippen LogP contribution in [0.25, 0.3) is 10.2 Å². The molecule has 0 saturated heterocycles. The summed E-state index contributed by atoms with van der Waals surface area (Å²) in [6.45, 7) is 0. The van der Waals surface area contributed by atoms with Gasteiger partial charge in [-0.25, -0.2) is 4.98 Å². The van der Waals surface area contributed by atoms with Crippen LogP contribution in [0.5, 0.6) is 5.75 Å². The van der Waals surface area contributed by atoms with Crippen LogP contribution in [0.2, 0.25) is 0 Å². The number of rotatable bonds is 0. The van der Waals surface area contributed by atoms with Gasteiger partial charge in [-0.15, -0.1) is 11.3 Å². The molecule has 3 nitrogen and oxygen atoms in total. The van der Waals surface area contributed by atoms with Crippen LogP contribution in [0.15, 0.2) is 16.0 Å². The van der Waals surface area contributed by atoms with E-state index in [1.54, 1.807) is 6.07 Å². The largest absolute Gasteiger partial charge is 0.506 e. The summed E-state index contributed by atoms with van der Waals surface area (Å²) in [6, 6.07) is 3.28. The Balaban J connectivity index is 2.88. The second kappa shape index (κ2) is 2.60. The average molecular weight is 245 g/mol. The third kappa shape index (κ3) is 1.15. The number of halogens is 1. The van der Waals surface area contributed by atoms with Gasteiger partial charge >= 0.3 is 0 Å². The maximum absolute atomic E-state index is 9.41. The zero-order valence-electron chi connectivity index (χ0n) is 5.91. The van der Waals surface area contributed by atoms with Crippen molar-refractivity contribution in [2.24, 2.45) is 0 Å². The first-order chi connectivity index (χ1) is 5.66. The number of aromatic nitrogens is 1. The fraction of sp³-hybridized carbons (Fsp3) is 0. The molecule has 1 aromatic carbocycles. The Morgan fingerprint density at radius 1 is 1.50 bits per heavy atom. The topological polar surface area (TPSA) is 59.1 Å². The van der Waals surface area contributed by atoms with Crippen LogP contribution >= 0.6 is 27.3 Å². The molecule has 0 atom stereocenters. The lowest BCUT2D eigenvalue weighted by Gasteiger charge is -1.94. The lowest BCUT2D eigenvalue weighted by molar-refractivity contribution is 0.481. The van der Waals surface area contributed by atoms with Crippen LogP contribution in [0, 0.1) is 0 Å². The molecule has 0 aliphatic heterocycles. The van der Waals surface area contributed by atoms with Gasteiger partial charge in [0.05, 0.1) is 4.70 Å². The normalized spacial score (nSPS) is 10.8. The quantitative estimate of drug-likeness (QED) is 0.700. The number of hydrogen-bond acceptors (Lipinski definition) is 4. The second-order valence-corrected chi connectivity index (χ2v) is 4.66. The molecule has 12 heavy (non-hydrogen) atoms. The number of fused-ring (bicyclic) bond motifs is 1. The molecule has 5 heteroatoms. The zero-order valence-corrected chi connectivity index (χ0v) is 8.32. The Bertz CT molecular complexity index is 440. The van der Waals surface area contributed by atoms with Crippen LogP contribution in [0.4, 0.5) is 5.69 Å². The van der Waals surface area contributed by atoms with Crippen molar-refractivity contribution in [3.63, 3.8) is 0 Å². The highest BCUT2D eigenvalue weighted by molar-refractivity contribution is 9.11. The number of phenols is 1. The Kier molecular flexibility index (Phi) is 1.69. The molecule has 0 unspecified atom stereocenters. The number of benzene rings is 1. The fourth-order valence-electron chi connectivity index (χ4n) is 1.01. The molecular formula is C7H5BrN2OS. The summed E-state index contributed by atoms with van der Waals surface area (Å²) in [4.78, 5) is 4.08. The minimum absolute atomic E-state index is 0.131. The van der Waals surface area contributed by atoms with Crippen molar-refractivity contribution >= 4 is 43.2 Å². The Morgan fingerprint density at radius 3 is 3.00 bits per heavy atom. The van der Waals surface area contributed by atoms with Crippen molar-refractivity contribution in [1.82, 2.24) is 4.98 Å². The lowest BCUT2D eigenvalue weighted by Crippen LogP contribution is -1.82. The van der Waals surface area contributed by atoms with Gasteiger partial charge in [-0.05, 0) is 22.0 Å². The van der Waals surface area contributed by atoms with E-state index in [0.717, 1.165) is 8.62 Å². The van der Waals surface area contributed by atoms with E-state index >= 15 is 0 Å². The fourth-order valence-corrected chi connectivity index (χ4v) is 2.47. The summed E-state index contributed by atoms with van der Waals surface area (Å²) in [5.74, 6) is 0.131. The monoisotopic (exact) mass is 244 g/mol. The molecule has 1 aromatic heterocycles. The molecule has 0 bridgehead atoms. The van der Waals surface area contributed by atoms with Crippen molar-refractivity contribution in [3.8, 4) is 5.75 Å². The van der Waals surface area contributed by atoms with Gasteiger partial charge in [0, 0.05) is 11.8 Å². The summed E-state index contributed by atoms with van der Waals surface area (Å²) < 4.78 is 1.64. The molecule has 2 aromatic rings. The van der Waals surface area contributed by atoms with Gasteiger partial charge in [0.25, 0.3) is 0 Å². The summed E-state index contributed by atoms with van der Waals surface area (Å²) in [5, 5.41) is 9.41. The summed E-state index contributed by atoms with van der Waals surface area (Å²) in [6.07, 6.45) is 0. The molecule has 0 saturated carbocycles. The second-order valence-electron chi connectivity index (χ2n) is 2.35. The number of thiazole rings is 1. The van der Waals surface area contributed by atoms with Crippen LogP contribution in [-0.4, -0.2) is 10.1 Å². The predicted molar refractivity (Wildman–Crippen MR) is 53.4 cm³/mol. The number of anilines is 1. The molecule has 0 amide bonds. The van der Waals surface area contributed by atoms with E-state index < -0.39 is 0 Å². The van der Waals surface area contributed by atoms with Crippen LogP contribution in [0.1, 0.15) is 0 Å². The first-order valence-electron chi connectivity index (χ1n) is 3.21. The van der Waals surface area contributed by atoms with E-state index in [-0.39, 0.29) is 5.75 Å². The Labute approximate surface area is 81.0 Å². The maximum Gasteiger partial charge on any atom is 0.160 e. The number of nitrogens with zero attached hydrogens (tertiary/aromatic N) is 1. The number of nitrogens with two attached hydrogens (primary N) is 1. The molecule has 0 aliphatic rings. The van der Waals surface area contributed by atoms with Gasteiger partial charge in [-0.2, -0.15) is 0 Å². The van der Waals surface area contributed by atoms with Crippen molar-refractivity contribution in [1.29, 1.82) is 0 Å². The average Bonchev–Trinajstić information content (AvgIpc) is 2.29. The highest BCUT2D eigenvalue weighted by atomic mass is 79.9. The number of aromatic hydroxyl groups is 1. The lowest BCUT2D eigenvalue weighted by atomic mass is 10.3. The summed E-state index contributed by atoms with van der Waals surface area (Å²) >= 11 is 4.68. The van der Waals surface area contributed by atoms with E-state index in [9.17, 15) is 5.11 Å². The molecular weight excluding hydrogens is 240 g/mol. The zero-order chi connectivity index (χ0) is 8.72. The summed E-state index contributed by atoms with van der Waals surface area (Å²) in [7, 11) is 0. The van der Waals surface area contributed by atoms with Gasteiger partial charge in [-0.1, -0.05) is 0 Å². The van der Waals surface area contributed by atoms with Crippen molar-refractivity contribution < 1.29 is 5.11 Å². The van der Waals surface area contributed by atoms with Gasteiger partial charge in [0.15, 0.2) is 3.92 Å². The molecule has 0 spiro atoms. The van der Waals surface area contributed by atoms with Gasteiger partial charge in [0.1, 0.15) is 11.3 Å². The smallest absolute Gasteiger partial charge is 0.160 e. The van der Waals surface area contributed by atoms with E-state index in [4.69, 9.17) is 5.73 Å². The van der Waals surface area contributed by atoms with E-state index in [2.05, 4.69) is 20.9 Å². The minimum Gasteiger partial charge on any atom is -0.506 e. The third-order valence-corrected chi connectivity index (χ3v) is 2.92. The SMILES string of the molecule is Nc1cc(O)c2nc(Br)sc2c1. The van der Waals surface area contributed by atoms with Crippen LogP contribution in [-0.2, 0) is 0 Å². The first kappa shape index (κ1) is 7.82. The highest BCUT2D eigenvalue weighted by Crippen LogP contribution is 2.33. The Morgan fingerprint density at radius 2 is 2.25 bits per heavy atom. The number of nitrogen functional groups attached to an aromatic ring is 1. The third-order valence-electron chi connectivity index (χ3n) is 1.47. The van der Waals surface area contributed by atoms with Crippen molar-refractivity contribution in [2.45, 2.75) is 0 Å². The molecule has 2 rings (SSSR count). The molecule has 0 fully saturated rings. The summed E-state index contributed by atoms with van der Waals surface area (Å²) in [5.41, 5.74) is 6.69. The van der Waals surface area contributed by atoms with Crippen molar-refractivity contribution in [2.75, 3.05) is 5.73 Å². The van der Waals surface area contributed by atoms with E-state index in [1.165, 1.54) is 17.4 Å². The van der Waals surface area contributed by atoms with E-state index in [0.29, 0.717) is 11.2 Å². The van der Waals surface area contributed by atoms with E-state index in [1.807, 2.05) is 0 Å². The molecule has 1 heterocycles. The number of phenolic OH excluding ortho intramolecular Hbond substituents is 1. The molecule has 62 valence electrons.